The molecule has 1 aromatic rings. The molecule has 15 heavy (non-hydrogen) atoms. The van der Waals surface area contributed by atoms with Gasteiger partial charge < -0.3 is 4.90 Å². The molecule has 0 aliphatic carbocycles. The van der Waals surface area contributed by atoms with Crippen LogP contribution in [0.25, 0.3) is 0 Å². The minimum atomic E-state index is 0.125. The molecule has 80 valence electrons. The predicted molar refractivity (Wildman–Crippen MR) is 61.9 cm³/mol. The van der Waals surface area contributed by atoms with Gasteiger partial charge in [-0.1, -0.05) is 35.5 Å². The van der Waals surface area contributed by atoms with Crippen LogP contribution in [0.1, 0.15) is 5.56 Å². The minimum absolute atomic E-state index is 0.125. The van der Waals surface area contributed by atoms with Crippen LogP contribution < -0.4 is 0 Å². The molecule has 0 radical (unpaired) electrons. The summed E-state index contributed by atoms with van der Waals surface area (Å²) in [5, 5.41) is 2.85. The molecule has 0 amide bonds. The molecule has 0 heterocycles. The summed E-state index contributed by atoms with van der Waals surface area (Å²) in [5.41, 5.74) is 1.13. The maximum atomic E-state index is 10.2. The maximum Gasteiger partial charge on any atom is 0.138 e. The molecule has 0 aromatic heterocycles. The average Bonchev–Trinajstić information content (AvgIpc) is 2.25. The van der Waals surface area contributed by atoms with E-state index in [4.69, 9.17) is 0 Å². The first-order chi connectivity index (χ1) is 7.24. The quantitative estimate of drug-likeness (QED) is 0.428. The molecular weight excluding hydrogens is 190 g/mol. The molecule has 4 heteroatoms. The van der Waals surface area contributed by atoms with Gasteiger partial charge in [-0.25, -0.2) is 0 Å². The Morgan fingerprint density at radius 1 is 1.27 bits per heavy atom. The number of nitroso groups, excluding NO2 is 1. The van der Waals surface area contributed by atoms with Gasteiger partial charge in [0.15, 0.2) is 0 Å². The summed E-state index contributed by atoms with van der Waals surface area (Å²) in [6.07, 6.45) is 0. The van der Waals surface area contributed by atoms with E-state index in [1.54, 1.807) is 0 Å². The third-order valence-electron chi connectivity index (χ3n) is 2.01. The molecule has 0 N–H and O–H groups in total. The Balaban J connectivity index is 2.65. The van der Waals surface area contributed by atoms with Crippen molar-refractivity contribution < 1.29 is 0 Å². The summed E-state index contributed by atoms with van der Waals surface area (Å²) >= 11 is 0. The van der Waals surface area contributed by atoms with E-state index in [0.29, 0.717) is 12.4 Å². The Morgan fingerprint density at radius 2 is 1.93 bits per heavy atom. The molecule has 0 saturated heterocycles. The fraction of sp³-hybridized carbons (Fsp3) is 0.364. The zero-order chi connectivity index (χ0) is 11.1. The van der Waals surface area contributed by atoms with Crippen molar-refractivity contribution in [2.45, 2.75) is 6.54 Å². The van der Waals surface area contributed by atoms with Crippen LogP contribution in [0.15, 0.2) is 40.5 Å². The van der Waals surface area contributed by atoms with E-state index in [-0.39, 0.29) is 6.54 Å². The van der Waals surface area contributed by atoms with E-state index in [0.717, 1.165) is 5.56 Å². The number of amidine groups is 1. The van der Waals surface area contributed by atoms with Gasteiger partial charge in [0.25, 0.3) is 0 Å². The first kappa shape index (κ1) is 11.4. The zero-order valence-corrected chi connectivity index (χ0v) is 9.05. The molecular formula is C11H15N3O. The lowest BCUT2D eigenvalue weighted by molar-refractivity contribution is 0.606. The molecule has 0 unspecified atom stereocenters. The lowest BCUT2D eigenvalue weighted by Crippen LogP contribution is -2.24. The van der Waals surface area contributed by atoms with E-state index in [1.807, 2.05) is 49.3 Å². The minimum Gasteiger partial charge on any atom is -0.365 e. The van der Waals surface area contributed by atoms with Gasteiger partial charge in [-0.3, -0.25) is 4.99 Å². The van der Waals surface area contributed by atoms with Crippen LogP contribution in [0.4, 0.5) is 0 Å². The molecule has 1 aromatic carbocycles. The summed E-state index contributed by atoms with van der Waals surface area (Å²) in [7, 11) is 3.71. The number of likely N-dealkylation sites (N-methyl/N-ethyl adjacent to an activating group) is 1. The highest BCUT2D eigenvalue weighted by atomic mass is 16.3. The van der Waals surface area contributed by atoms with E-state index in [1.165, 1.54) is 0 Å². The van der Waals surface area contributed by atoms with E-state index in [2.05, 4.69) is 10.2 Å². The van der Waals surface area contributed by atoms with Gasteiger partial charge in [0.2, 0.25) is 0 Å². The normalized spacial score (nSPS) is 11.2. The van der Waals surface area contributed by atoms with Gasteiger partial charge in [-0.2, -0.15) is 4.91 Å². The third-order valence-corrected chi connectivity index (χ3v) is 2.01. The summed E-state index contributed by atoms with van der Waals surface area (Å²) < 4.78 is 0. The Hall–Kier alpha value is -1.71. The van der Waals surface area contributed by atoms with Crippen LogP contribution in [0.3, 0.4) is 0 Å². The van der Waals surface area contributed by atoms with Crippen LogP contribution in [0.5, 0.6) is 0 Å². The van der Waals surface area contributed by atoms with Gasteiger partial charge >= 0.3 is 0 Å². The van der Waals surface area contributed by atoms with Crippen molar-refractivity contribution in [2.75, 3.05) is 20.6 Å². The second kappa shape index (κ2) is 5.90. The molecule has 0 bridgehead atoms. The van der Waals surface area contributed by atoms with Crippen molar-refractivity contribution in [3.63, 3.8) is 0 Å². The summed E-state index contributed by atoms with van der Waals surface area (Å²) in [5.74, 6) is 0.703. The number of hydrogen-bond acceptors (Lipinski definition) is 3. The number of benzene rings is 1. The van der Waals surface area contributed by atoms with Gasteiger partial charge in [0.1, 0.15) is 12.4 Å². The summed E-state index contributed by atoms with van der Waals surface area (Å²) in [4.78, 5) is 16.3. The fourth-order valence-corrected chi connectivity index (χ4v) is 1.16. The second-order valence-electron chi connectivity index (χ2n) is 3.40. The largest absolute Gasteiger partial charge is 0.365 e. The SMILES string of the molecule is CN(C)C(CN=O)=NCc1ccccc1. The first-order valence-corrected chi connectivity index (χ1v) is 4.77. The number of rotatable bonds is 4. The number of nitrogens with zero attached hydrogens (tertiary/aromatic N) is 3. The Kier molecular flexibility index (Phi) is 4.47. The van der Waals surface area contributed by atoms with Gasteiger partial charge in [-0.05, 0) is 5.56 Å². The van der Waals surface area contributed by atoms with Crippen molar-refractivity contribution in [3.05, 3.63) is 40.8 Å². The molecule has 0 aliphatic rings. The molecule has 4 nitrogen and oxygen atoms in total. The lowest BCUT2D eigenvalue weighted by Gasteiger charge is -2.12. The zero-order valence-electron chi connectivity index (χ0n) is 9.05. The second-order valence-corrected chi connectivity index (χ2v) is 3.40. The number of aliphatic imine (C=N–C) groups is 1. The molecule has 0 saturated carbocycles. The third kappa shape index (κ3) is 3.89. The highest BCUT2D eigenvalue weighted by molar-refractivity contribution is 5.83. The smallest absolute Gasteiger partial charge is 0.138 e. The Labute approximate surface area is 89.6 Å². The molecule has 0 atom stereocenters. The molecule has 1 rings (SSSR count). The van der Waals surface area contributed by atoms with Crippen molar-refractivity contribution >= 4 is 5.84 Å². The van der Waals surface area contributed by atoms with Gasteiger partial charge in [0.05, 0.1) is 6.54 Å². The average molecular weight is 205 g/mol. The molecule has 0 fully saturated rings. The van der Waals surface area contributed by atoms with E-state index in [9.17, 15) is 4.91 Å². The molecule has 0 aliphatic heterocycles. The van der Waals surface area contributed by atoms with Crippen molar-refractivity contribution in [1.29, 1.82) is 0 Å². The highest BCUT2D eigenvalue weighted by Crippen LogP contribution is 2.01. The van der Waals surface area contributed by atoms with Crippen LogP contribution >= 0.6 is 0 Å². The van der Waals surface area contributed by atoms with Crippen molar-refractivity contribution in [2.24, 2.45) is 10.2 Å². The van der Waals surface area contributed by atoms with Gasteiger partial charge in [0, 0.05) is 14.1 Å². The van der Waals surface area contributed by atoms with Crippen LogP contribution in [0.2, 0.25) is 0 Å². The standard InChI is InChI=1S/C11H15N3O/c1-14(2)11(9-13-15)12-8-10-6-4-3-5-7-10/h3-7H,8-9H2,1-2H3. The summed E-state index contributed by atoms with van der Waals surface area (Å²) in [6.45, 7) is 0.712. The van der Waals surface area contributed by atoms with Crippen LogP contribution in [0, 0.1) is 4.91 Å². The van der Waals surface area contributed by atoms with Crippen molar-refractivity contribution in [3.8, 4) is 0 Å². The lowest BCUT2D eigenvalue weighted by atomic mass is 10.2. The fourth-order valence-electron chi connectivity index (χ4n) is 1.16. The Morgan fingerprint density at radius 3 is 2.47 bits per heavy atom. The van der Waals surface area contributed by atoms with E-state index >= 15 is 0 Å². The van der Waals surface area contributed by atoms with Gasteiger partial charge in [-0.15, -0.1) is 0 Å². The maximum absolute atomic E-state index is 10.2. The monoisotopic (exact) mass is 205 g/mol. The molecule has 0 spiro atoms. The van der Waals surface area contributed by atoms with E-state index < -0.39 is 0 Å². The summed E-state index contributed by atoms with van der Waals surface area (Å²) in [6, 6.07) is 9.92. The highest BCUT2D eigenvalue weighted by Gasteiger charge is 2.00. The first-order valence-electron chi connectivity index (χ1n) is 4.77. The Bertz CT molecular complexity index is 333. The number of hydrogen-bond donors (Lipinski definition) is 0. The van der Waals surface area contributed by atoms with Crippen LogP contribution in [-0.4, -0.2) is 31.4 Å². The topological polar surface area (TPSA) is 45.0 Å². The van der Waals surface area contributed by atoms with Crippen molar-refractivity contribution in [1.82, 2.24) is 4.90 Å². The van der Waals surface area contributed by atoms with Crippen LogP contribution in [-0.2, 0) is 6.54 Å². The predicted octanol–water partition coefficient (Wildman–Crippen LogP) is 1.91.